The summed E-state index contributed by atoms with van der Waals surface area (Å²) in [6.45, 7) is 4.23. The molecule has 36 heavy (non-hydrogen) atoms. The molecule has 2 aliphatic heterocycles. The molecule has 1 aromatic carbocycles. The van der Waals surface area contributed by atoms with Crippen molar-refractivity contribution in [2.75, 3.05) is 37.9 Å². The van der Waals surface area contributed by atoms with Gasteiger partial charge in [0.05, 0.1) is 23.3 Å². The van der Waals surface area contributed by atoms with Crippen LogP contribution in [0.5, 0.6) is 0 Å². The predicted octanol–water partition coefficient (Wildman–Crippen LogP) is 2.59. The van der Waals surface area contributed by atoms with Crippen LogP contribution in [0.3, 0.4) is 0 Å². The molecule has 0 spiro atoms. The van der Waals surface area contributed by atoms with E-state index in [1.807, 2.05) is 48.0 Å². The smallest absolute Gasteiger partial charge is 0.333 e. The highest BCUT2D eigenvalue weighted by Gasteiger charge is 2.26. The van der Waals surface area contributed by atoms with Gasteiger partial charge in [0.25, 0.3) is 0 Å². The van der Waals surface area contributed by atoms with Crippen LogP contribution in [0.25, 0.3) is 17.1 Å². The van der Waals surface area contributed by atoms with E-state index < -0.39 is 10.0 Å². The molecular weight excluding hydrogens is 480 g/mol. The zero-order valence-corrected chi connectivity index (χ0v) is 21.4. The van der Waals surface area contributed by atoms with E-state index in [0.29, 0.717) is 56.5 Å². The van der Waals surface area contributed by atoms with Crippen LogP contribution in [0, 0.1) is 6.92 Å². The van der Waals surface area contributed by atoms with E-state index in [-0.39, 0.29) is 17.8 Å². The lowest BCUT2D eigenvalue weighted by atomic mass is 10.1. The molecule has 0 atom stereocenters. The van der Waals surface area contributed by atoms with E-state index in [2.05, 4.69) is 10.3 Å². The number of ether oxygens (including phenoxy) is 1. The molecule has 10 nitrogen and oxygen atoms in total. The number of nitrogens with zero attached hydrogens (tertiary/aromatic N) is 5. The van der Waals surface area contributed by atoms with E-state index >= 15 is 0 Å². The van der Waals surface area contributed by atoms with Gasteiger partial charge in [0.1, 0.15) is 0 Å². The zero-order chi connectivity index (χ0) is 25.3. The molecule has 0 aliphatic carbocycles. The Balaban J connectivity index is 1.47. The molecule has 192 valence electrons. The number of nitrogens with one attached hydrogen (secondary N) is 1. The number of rotatable bonds is 6. The predicted molar refractivity (Wildman–Crippen MR) is 138 cm³/mol. The average molecular weight is 513 g/mol. The van der Waals surface area contributed by atoms with Crippen molar-refractivity contribution in [3.8, 4) is 17.1 Å². The fraction of sp³-hybridized carbons (Fsp3) is 0.480. The third kappa shape index (κ3) is 5.23. The molecule has 2 saturated heterocycles. The number of anilines is 1. The molecule has 0 bridgehead atoms. The minimum atomic E-state index is -3.18. The Morgan fingerprint density at radius 1 is 1.08 bits per heavy atom. The topological polar surface area (TPSA) is 111 Å². The van der Waals surface area contributed by atoms with E-state index in [1.54, 1.807) is 10.8 Å². The molecule has 0 saturated carbocycles. The van der Waals surface area contributed by atoms with E-state index in [0.717, 1.165) is 24.1 Å². The average Bonchev–Trinajstić information content (AvgIpc) is 3.21. The maximum absolute atomic E-state index is 13.7. The van der Waals surface area contributed by atoms with Gasteiger partial charge in [-0.2, -0.15) is 0 Å². The molecule has 2 aliphatic rings. The number of aromatic nitrogens is 4. The van der Waals surface area contributed by atoms with Crippen LogP contribution in [0.1, 0.15) is 37.3 Å². The zero-order valence-electron chi connectivity index (χ0n) is 20.6. The van der Waals surface area contributed by atoms with Gasteiger partial charge in [-0.3, -0.25) is 9.13 Å². The van der Waals surface area contributed by atoms with Gasteiger partial charge in [-0.15, -0.1) is 0 Å². The lowest BCUT2D eigenvalue weighted by Gasteiger charge is -2.30. The van der Waals surface area contributed by atoms with Crippen molar-refractivity contribution in [1.82, 2.24) is 23.4 Å². The Kier molecular flexibility index (Phi) is 6.96. The standard InChI is InChI=1S/C25H32N6O4S/c1-18-4-3-5-21(16-18)31-23(17-30(25(31)32)20-9-14-35-15-10-20)22-6-11-26-24(28-22)27-19-7-12-29(13-8-19)36(2,33)34/h3-6,11,16-17,19-20H,7-10,12-15H2,1-2H3,(H,26,27,28). The van der Waals surface area contributed by atoms with Gasteiger partial charge in [0.15, 0.2) is 0 Å². The maximum Gasteiger partial charge on any atom is 0.333 e. The van der Waals surface area contributed by atoms with Crippen molar-refractivity contribution >= 4 is 16.0 Å². The highest BCUT2D eigenvalue weighted by Crippen LogP contribution is 2.26. The summed E-state index contributed by atoms with van der Waals surface area (Å²) >= 11 is 0. The number of sulfonamides is 1. The Morgan fingerprint density at radius 3 is 2.53 bits per heavy atom. The summed E-state index contributed by atoms with van der Waals surface area (Å²) in [7, 11) is -3.18. The summed E-state index contributed by atoms with van der Waals surface area (Å²) in [5.74, 6) is 0.465. The highest BCUT2D eigenvalue weighted by molar-refractivity contribution is 7.88. The number of hydrogen-bond acceptors (Lipinski definition) is 7. The van der Waals surface area contributed by atoms with Crippen molar-refractivity contribution in [2.45, 2.75) is 44.7 Å². The Morgan fingerprint density at radius 2 is 1.83 bits per heavy atom. The molecule has 3 aromatic rings. The summed E-state index contributed by atoms with van der Waals surface area (Å²) in [6, 6.07) is 9.84. The fourth-order valence-corrected chi connectivity index (χ4v) is 5.84. The lowest BCUT2D eigenvalue weighted by Crippen LogP contribution is -2.42. The van der Waals surface area contributed by atoms with E-state index in [1.165, 1.54) is 10.6 Å². The Hall–Kier alpha value is -3.02. The van der Waals surface area contributed by atoms with Crippen LogP contribution in [-0.2, 0) is 14.8 Å². The van der Waals surface area contributed by atoms with Gasteiger partial charge >= 0.3 is 5.69 Å². The summed E-state index contributed by atoms with van der Waals surface area (Å²) in [5.41, 5.74) is 3.11. The first-order chi connectivity index (χ1) is 17.3. The van der Waals surface area contributed by atoms with Crippen molar-refractivity contribution in [1.29, 1.82) is 0 Å². The largest absolute Gasteiger partial charge is 0.381 e. The van der Waals surface area contributed by atoms with E-state index in [9.17, 15) is 13.2 Å². The minimum Gasteiger partial charge on any atom is -0.381 e. The second kappa shape index (κ2) is 10.2. The fourth-order valence-electron chi connectivity index (χ4n) is 4.97. The Labute approximate surface area is 211 Å². The first-order valence-corrected chi connectivity index (χ1v) is 14.2. The third-order valence-corrected chi connectivity index (χ3v) is 8.24. The molecule has 1 N–H and O–H groups in total. The molecule has 4 heterocycles. The monoisotopic (exact) mass is 512 g/mol. The van der Waals surface area contributed by atoms with Gasteiger partial charge in [-0.1, -0.05) is 12.1 Å². The maximum atomic E-state index is 13.7. The van der Waals surface area contributed by atoms with Gasteiger partial charge in [-0.05, 0) is 56.4 Å². The first-order valence-electron chi connectivity index (χ1n) is 12.3. The van der Waals surface area contributed by atoms with Crippen LogP contribution in [0.15, 0.2) is 47.5 Å². The number of imidazole rings is 1. The van der Waals surface area contributed by atoms with Crippen molar-refractivity contribution in [3.63, 3.8) is 0 Å². The van der Waals surface area contributed by atoms with Crippen LogP contribution in [-0.4, -0.2) is 70.4 Å². The first kappa shape index (κ1) is 24.7. The molecule has 11 heteroatoms. The second-order valence-corrected chi connectivity index (χ2v) is 11.6. The molecular formula is C25H32N6O4S. The Bertz CT molecular complexity index is 1390. The molecule has 0 amide bonds. The number of piperidine rings is 1. The summed E-state index contributed by atoms with van der Waals surface area (Å²) in [6.07, 6.45) is 7.77. The van der Waals surface area contributed by atoms with Crippen molar-refractivity contribution in [3.05, 3.63) is 58.8 Å². The highest BCUT2D eigenvalue weighted by atomic mass is 32.2. The van der Waals surface area contributed by atoms with Crippen molar-refractivity contribution < 1.29 is 13.2 Å². The van der Waals surface area contributed by atoms with Crippen LogP contribution in [0.2, 0.25) is 0 Å². The molecule has 2 fully saturated rings. The SMILES string of the molecule is Cc1cccc(-n2c(-c3ccnc(NC4CCN(S(C)(=O)=O)CC4)n3)cn(C3CCOCC3)c2=O)c1. The van der Waals surface area contributed by atoms with E-state index in [4.69, 9.17) is 9.72 Å². The lowest BCUT2D eigenvalue weighted by molar-refractivity contribution is 0.0686. The molecule has 5 rings (SSSR count). The van der Waals surface area contributed by atoms with Gasteiger partial charge in [0, 0.05) is 50.8 Å². The number of aryl methyl sites for hydroxylation is 1. The molecule has 0 radical (unpaired) electrons. The van der Waals surface area contributed by atoms with Crippen LogP contribution in [0.4, 0.5) is 5.95 Å². The summed E-state index contributed by atoms with van der Waals surface area (Å²) in [4.78, 5) is 22.8. The van der Waals surface area contributed by atoms with Crippen LogP contribution < -0.4 is 11.0 Å². The second-order valence-electron chi connectivity index (χ2n) is 9.57. The normalized spacial score (nSPS) is 18.4. The third-order valence-electron chi connectivity index (χ3n) is 6.93. The van der Waals surface area contributed by atoms with Crippen molar-refractivity contribution in [2.24, 2.45) is 0 Å². The summed E-state index contributed by atoms with van der Waals surface area (Å²) < 4.78 is 34.2. The minimum absolute atomic E-state index is 0.0732. The number of hydrogen-bond donors (Lipinski definition) is 1. The molecule has 0 unspecified atom stereocenters. The van der Waals surface area contributed by atoms with Gasteiger partial charge in [0.2, 0.25) is 16.0 Å². The quantitative estimate of drug-likeness (QED) is 0.540. The van der Waals surface area contributed by atoms with Crippen LogP contribution >= 0.6 is 0 Å². The van der Waals surface area contributed by atoms with Gasteiger partial charge < -0.3 is 10.1 Å². The van der Waals surface area contributed by atoms with Gasteiger partial charge in [-0.25, -0.2) is 27.5 Å². The number of benzene rings is 1. The molecule has 2 aromatic heterocycles. The summed E-state index contributed by atoms with van der Waals surface area (Å²) in [5, 5.41) is 3.36.